The molecule has 1 aromatic rings. The molecule has 1 fully saturated rings. The Labute approximate surface area is 137 Å². The molecular formula is C19H25NO3. The van der Waals surface area contributed by atoms with Crippen molar-refractivity contribution < 1.29 is 14.7 Å². The van der Waals surface area contributed by atoms with Crippen LogP contribution in [0.1, 0.15) is 43.7 Å². The molecule has 2 aliphatic rings. The van der Waals surface area contributed by atoms with Gasteiger partial charge in [0.2, 0.25) is 5.91 Å². The minimum Gasteiger partial charge on any atom is -0.480 e. The average Bonchev–Trinajstić information content (AvgIpc) is 2.54. The highest BCUT2D eigenvalue weighted by Gasteiger charge is 2.35. The number of aliphatic carboxylic acids is 1. The largest absolute Gasteiger partial charge is 0.480 e. The molecule has 23 heavy (non-hydrogen) atoms. The van der Waals surface area contributed by atoms with Crippen molar-refractivity contribution in [3.05, 3.63) is 35.4 Å². The third-order valence-electron chi connectivity index (χ3n) is 5.38. The number of piperidine rings is 1. The van der Waals surface area contributed by atoms with E-state index >= 15 is 0 Å². The standard InChI is InChI=1S/C19H25NO3/c1-13-8-9-20(17(10-13)19(22)23)18(21)12-14-6-7-15-4-2-3-5-16(15)11-14/h2-5,13-14,17H,6-12H2,1H3,(H,22,23). The molecule has 3 rings (SSSR count). The molecule has 1 aromatic carbocycles. The fourth-order valence-electron chi connectivity index (χ4n) is 3.99. The number of amides is 1. The molecule has 4 nitrogen and oxygen atoms in total. The Morgan fingerprint density at radius 2 is 1.96 bits per heavy atom. The first-order valence-corrected chi connectivity index (χ1v) is 8.63. The first-order valence-electron chi connectivity index (χ1n) is 8.63. The van der Waals surface area contributed by atoms with Gasteiger partial charge in [0.1, 0.15) is 6.04 Å². The second-order valence-electron chi connectivity index (χ2n) is 7.15. The number of likely N-dealkylation sites (tertiary alicyclic amines) is 1. The zero-order valence-electron chi connectivity index (χ0n) is 13.7. The molecule has 1 aliphatic carbocycles. The van der Waals surface area contributed by atoms with E-state index in [1.807, 2.05) is 0 Å². The Morgan fingerprint density at radius 1 is 1.22 bits per heavy atom. The van der Waals surface area contributed by atoms with Crippen molar-refractivity contribution in [2.75, 3.05) is 6.54 Å². The van der Waals surface area contributed by atoms with Gasteiger partial charge in [0.15, 0.2) is 0 Å². The van der Waals surface area contributed by atoms with Gasteiger partial charge in [-0.25, -0.2) is 4.79 Å². The van der Waals surface area contributed by atoms with Gasteiger partial charge >= 0.3 is 5.97 Å². The Bertz CT molecular complexity index is 598. The van der Waals surface area contributed by atoms with Crippen LogP contribution in [0.3, 0.4) is 0 Å². The zero-order chi connectivity index (χ0) is 16.4. The first kappa shape index (κ1) is 16.0. The van der Waals surface area contributed by atoms with Crippen LogP contribution >= 0.6 is 0 Å². The number of fused-ring (bicyclic) bond motifs is 1. The van der Waals surface area contributed by atoms with Gasteiger partial charge in [-0.1, -0.05) is 31.2 Å². The number of aryl methyl sites for hydroxylation is 1. The average molecular weight is 315 g/mol. The summed E-state index contributed by atoms with van der Waals surface area (Å²) >= 11 is 0. The fourth-order valence-corrected chi connectivity index (χ4v) is 3.99. The van der Waals surface area contributed by atoms with Crippen LogP contribution < -0.4 is 0 Å². The fraction of sp³-hybridized carbons (Fsp3) is 0.579. The van der Waals surface area contributed by atoms with Gasteiger partial charge in [0.25, 0.3) is 0 Å². The number of carbonyl (C=O) groups is 2. The summed E-state index contributed by atoms with van der Waals surface area (Å²) in [4.78, 5) is 25.8. The second kappa shape index (κ2) is 6.73. The molecule has 3 unspecified atom stereocenters. The topological polar surface area (TPSA) is 57.6 Å². The Kier molecular flexibility index (Phi) is 4.69. The predicted molar refractivity (Wildman–Crippen MR) is 88.1 cm³/mol. The molecule has 1 heterocycles. The summed E-state index contributed by atoms with van der Waals surface area (Å²) in [5.41, 5.74) is 2.74. The molecule has 1 amide bonds. The quantitative estimate of drug-likeness (QED) is 0.933. The number of hydrogen-bond acceptors (Lipinski definition) is 2. The van der Waals surface area contributed by atoms with E-state index in [1.54, 1.807) is 4.90 Å². The minimum absolute atomic E-state index is 0.0219. The van der Waals surface area contributed by atoms with Crippen molar-refractivity contribution in [1.82, 2.24) is 4.90 Å². The van der Waals surface area contributed by atoms with Crippen LogP contribution in [-0.2, 0) is 22.4 Å². The molecule has 0 radical (unpaired) electrons. The lowest BCUT2D eigenvalue weighted by molar-refractivity contribution is -0.153. The van der Waals surface area contributed by atoms with E-state index in [4.69, 9.17) is 0 Å². The van der Waals surface area contributed by atoms with Gasteiger partial charge in [0.05, 0.1) is 0 Å². The van der Waals surface area contributed by atoms with Crippen molar-refractivity contribution in [2.45, 2.75) is 51.5 Å². The zero-order valence-corrected chi connectivity index (χ0v) is 13.7. The second-order valence-corrected chi connectivity index (χ2v) is 7.15. The van der Waals surface area contributed by atoms with Crippen LogP contribution in [0.2, 0.25) is 0 Å². The smallest absolute Gasteiger partial charge is 0.326 e. The van der Waals surface area contributed by atoms with E-state index in [0.717, 1.165) is 25.7 Å². The van der Waals surface area contributed by atoms with Crippen molar-refractivity contribution in [3.8, 4) is 0 Å². The van der Waals surface area contributed by atoms with Gasteiger partial charge in [-0.15, -0.1) is 0 Å². The van der Waals surface area contributed by atoms with E-state index in [-0.39, 0.29) is 5.91 Å². The molecule has 0 aromatic heterocycles. The highest BCUT2D eigenvalue weighted by molar-refractivity contribution is 5.84. The summed E-state index contributed by atoms with van der Waals surface area (Å²) in [7, 11) is 0. The van der Waals surface area contributed by atoms with Crippen LogP contribution in [0.25, 0.3) is 0 Å². The van der Waals surface area contributed by atoms with Crippen molar-refractivity contribution in [1.29, 1.82) is 0 Å². The maximum atomic E-state index is 12.7. The predicted octanol–water partition coefficient (Wildman–Crippen LogP) is 2.89. The molecule has 4 heteroatoms. The lowest BCUT2D eigenvalue weighted by Gasteiger charge is -2.37. The summed E-state index contributed by atoms with van der Waals surface area (Å²) in [6, 6.07) is 7.79. The van der Waals surface area contributed by atoms with Crippen molar-refractivity contribution in [2.24, 2.45) is 11.8 Å². The number of carbonyl (C=O) groups excluding carboxylic acids is 1. The Hall–Kier alpha value is -1.84. The van der Waals surface area contributed by atoms with E-state index < -0.39 is 12.0 Å². The number of carboxylic acids is 1. The molecule has 0 spiro atoms. The Morgan fingerprint density at radius 3 is 2.70 bits per heavy atom. The molecule has 3 atom stereocenters. The summed E-state index contributed by atoms with van der Waals surface area (Å²) < 4.78 is 0. The normalized spacial score (nSPS) is 27.3. The maximum Gasteiger partial charge on any atom is 0.326 e. The third-order valence-corrected chi connectivity index (χ3v) is 5.38. The maximum absolute atomic E-state index is 12.7. The highest BCUT2D eigenvalue weighted by atomic mass is 16.4. The van der Waals surface area contributed by atoms with Crippen LogP contribution in [0.5, 0.6) is 0 Å². The number of carboxylic acid groups (broad SMARTS) is 1. The minimum atomic E-state index is -0.862. The van der Waals surface area contributed by atoms with Gasteiger partial charge in [-0.05, 0) is 55.1 Å². The lowest BCUT2D eigenvalue weighted by Crippen LogP contribution is -2.50. The van der Waals surface area contributed by atoms with Crippen molar-refractivity contribution in [3.63, 3.8) is 0 Å². The van der Waals surface area contributed by atoms with E-state index in [2.05, 4.69) is 31.2 Å². The van der Waals surface area contributed by atoms with Crippen molar-refractivity contribution >= 4 is 11.9 Å². The molecular weight excluding hydrogens is 290 g/mol. The monoisotopic (exact) mass is 315 g/mol. The summed E-state index contributed by atoms with van der Waals surface area (Å²) in [5.74, 6) is -0.125. The Balaban J connectivity index is 1.64. The number of hydrogen-bond donors (Lipinski definition) is 1. The lowest BCUT2D eigenvalue weighted by atomic mass is 9.81. The summed E-state index contributed by atoms with van der Waals surface area (Å²) in [6.45, 7) is 2.65. The van der Waals surface area contributed by atoms with Crippen LogP contribution in [0.4, 0.5) is 0 Å². The van der Waals surface area contributed by atoms with Crippen LogP contribution in [0.15, 0.2) is 24.3 Å². The molecule has 1 saturated heterocycles. The number of rotatable bonds is 3. The number of benzene rings is 1. The van der Waals surface area contributed by atoms with Crippen LogP contribution in [-0.4, -0.2) is 34.5 Å². The SMILES string of the molecule is CC1CCN(C(=O)CC2CCc3ccccc3C2)C(C(=O)O)C1. The van der Waals surface area contributed by atoms with Crippen LogP contribution in [0, 0.1) is 11.8 Å². The highest BCUT2D eigenvalue weighted by Crippen LogP contribution is 2.30. The van der Waals surface area contributed by atoms with E-state index in [9.17, 15) is 14.7 Å². The van der Waals surface area contributed by atoms with E-state index in [1.165, 1.54) is 11.1 Å². The molecule has 0 bridgehead atoms. The van der Waals surface area contributed by atoms with Gasteiger partial charge < -0.3 is 10.0 Å². The molecule has 0 saturated carbocycles. The molecule has 1 aliphatic heterocycles. The third kappa shape index (κ3) is 3.57. The summed E-state index contributed by atoms with van der Waals surface area (Å²) in [6.07, 6.45) is 4.94. The first-order chi connectivity index (χ1) is 11.0. The van der Waals surface area contributed by atoms with E-state index in [0.29, 0.717) is 31.2 Å². The van der Waals surface area contributed by atoms with Gasteiger partial charge in [0, 0.05) is 13.0 Å². The molecule has 124 valence electrons. The van der Waals surface area contributed by atoms with Gasteiger partial charge in [-0.2, -0.15) is 0 Å². The number of nitrogens with zero attached hydrogens (tertiary/aromatic N) is 1. The molecule has 1 N–H and O–H groups in total. The summed E-state index contributed by atoms with van der Waals surface area (Å²) in [5, 5.41) is 9.42. The van der Waals surface area contributed by atoms with Gasteiger partial charge in [-0.3, -0.25) is 4.79 Å².